The number of aliphatic hydroxyl groups excluding tert-OH is 1. The first-order valence-electron chi connectivity index (χ1n) is 3.16. The first-order valence-corrected chi connectivity index (χ1v) is 3.16. The van der Waals surface area contributed by atoms with Crippen LogP contribution >= 0.6 is 0 Å². The molecule has 1 saturated heterocycles. The molecule has 8 heavy (non-hydrogen) atoms. The second-order valence-corrected chi connectivity index (χ2v) is 2.15. The maximum Gasteiger partial charge on any atom is 0.0597 e. The quantitative estimate of drug-likeness (QED) is 0.570. The van der Waals surface area contributed by atoms with E-state index in [1.54, 1.807) is 0 Å². The van der Waals surface area contributed by atoms with Crippen molar-refractivity contribution in [3.05, 3.63) is 0 Å². The standard InChI is InChI=1S/C6H12O2/c7-4-3-6-2-1-5-8-6/h6-7H,1-5H2/t6-/m0/s1. The predicted molar refractivity (Wildman–Crippen MR) is 30.7 cm³/mol. The van der Waals surface area contributed by atoms with Crippen molar-refractivity contribution >= 4 is 0 Å². The second kappa shape index (κ2) is 3.05. The van der Waals surface area contributed by atoms with Crippen molar-refractivity contribution in [2.45, 2.75) is 25.4 Å². The molecule has 1 heterocycles. The molecule has 1 atom stereocenters. The number of hydrogen-bond donors (Lipinski definition) is 1. The molecule has 0 bridgehead atoms. The van der Waals surface area contributed by atoms with Crippen LogP contribution in [0, 0.1) is 0 Å². The average molecular weight is 116 g/mol. The molecule has 1 fully saturated rings. The van der Waals surface area contributed by atoms with Gasteiger partial charge in [-0.3, -0.25) is 0 Å². The normalized spacial score (nSPS) is 28.9. The minimum absolute atomic E-state index is 0.269. The molecule has 1 rings (SSSR count). The molecule has 0 aromatic heterocycles. The topological polar surface area (TPSA) is 29.5 Å². The summed E-state index contributed by atoms with van der Waals surface area (Å²) in [5, 5.41) is 8.45. The largest absolute Gasteiger partial charge is 0.396 e. The van der Waals surface area contributed by atoms with Crippen molar-refractivity contribution in [3.63, 3.8) is 0 Å². The van der Waals surface area contributed by atoms with Gasteiger partial charge in [0, 0.05) is 13.2 Å². The third-order valence-corrected chi connectivity index (χ3v) is 1.48. The van der Waals surface area contributed by atoms with E-state index < -0.39 is 0 Å². The van der Waals surface area contributed by atoms with Crippen molar-refractivity contribution in [2.24, 2.45) is 0 Å². The summed E-state index contributed by atoms with van der Waals surface area (Å²) in [7, 11) is 0. The van der Waals surface area contributed by atoms with Crippen LogP contribution in [0.25, 0.3) is 0 Å². The number of ether oxygens (including phenoxy) is 1. The molecule has 0 aliphatic carbocycles. The smallest absolute Gasteiger partial charge is 0.0597 e. The van der Waals surface area contributed by atoms with Crippen LogP contribution < -0.4 is 0 Å². The molecule has 2 heteroatoms. The van der Waals surface area contributed by atoms with Gasteiger partial charge in [0.15, 0.2) is 0 Å². The summed E-state index contributed by atoms with van der Waals surface area (Å²) in [5.74, 6) is 0. The van der Waals surface area contributed by atoms with Crippen LogP contribution in [0.3, 0.4) is 0 Å². The number of aliphatic hydroxyl groups is 1. The molecule has 0 aromatic rings. The van der Waals surface area contributed by atoms with E-state index in [1.165, 1.54) is 6.42 Å². The van der Waals surface area contributed by atoms with E-state index in [4.69, 9.17) is 9.84 Å². The van der Waals surface area contributed by atoms with E-state index in [-0.39, 0.29) is 6.61 Å². The van der Waals surface area contributed by atoms with Crippen LogP contribution in [0.4, 0.5) is 0 Å². The molecular formula is C6H12O2. The van der Waals surface area contributed by atoms with Crippen molar-refractivity contribution in [2.75, 3.05) is 13.2 Å². The Hall–Kier alpha value is -0.0800. The SMILES string of the molecule is OCC[C@@H]1CCCO1. The predicted octanol–water partition coefficient (Wildman–Crippen LogP) is 0.548. The lowest BCUT2D eigenvalue weighted by atomic mass is 10.2. The zero-order chi connectivity index (χ0) is 5.82. The summed E-state index contributed by atoms with van der Waals surface area (Å²) < 4.78 is 5.23. The van der Waals surface area contributed by atoms with Gasteiger partial charge in [0.1, 0.15) is 0 Å². The first kappa shape index (κ1) is 6.05. The van der Waals surface area contributed by atoms with E-state index in [1.807, 2.05) is 0 Å². The van der Waals surface area contributed by atoms with E-state index in [9.17, 15) is 0 Å². The molecule has 0 amide bonds. The van der Waals surface area contributed by atoms with Gasteiger partial charge in [0.2, 0.25) is 0 Å². The molecule has 0 spiro atoms. The van der Waals surface area contributed by atoms with E-state index in [2.05, 4.69) is 0 Å². The monoisotopic (exact) mass is 116 g/mol. The van der Waals surface area contributed by atoms with Gasteiger partial charge in [0.05, 0.1) is 6.10 Å². The molecule has 2 nitrogen and oxygen atoms in total. The summed E-state index contributed by atoms with van der Waals surface area (Å²) in [6.07, 6.45) is 3.49. The van der Waals surface area contributed by atoms with Crippen LogP contribution in [0.2, 0.25) is 0 Å². The molecule has 1 N–H and O–H groups in total. The van der Waals surface area contributed by atoms with Gasteiger partial charge in [-0.15, -0.1) is 0 Å². The fourth-order valence-corrected chi connectivity index (χ4v) is 1.02. The van der Waals surface area contributed by atoms with Crippen LogP contribution in [0.15, 0.2) is 0 Å². The Morgan fingerprint density at radius 3 is 3.00 bits per heavy atom. The van der Waals surface area contributed by atoms with Crippen molar-refractivity contribution in [1.29, 1.82) is 0 Å². The zero-order valence-electron chi connectivity index (χ0n) is 4.97. The minimum Gasteiger partial charge on any atom is -0.396 e. The Balaban J connectivity index is 2.06. The Kier molecular flexibility index (Phi) is 2.30. The number of hydrogen-bond acceptors (Lipinski definition) is 2. The molecule has 0 aromatic carbocycles. The second-order valence-electron chi connectivity index (χ2n) is 2.15. The Morgan fingerprint density at radius 1 is 1.62 bits per heavy atom. The highest BCUT2D eigenvalue weighted by Gasteiger charge is 2.13. The highest BCUT2D eigenvalue weighted by atomic mass is 16.5. The van der Waals surface area contributed by atoms with Gasteiger partial charge in [-0.2, -0.15) is 0 Å². The lowest BCUT2D eigenvalue weighted by molar-refractivity contribution is 0.0868. The Bertz CT molecular complexity index is 57.5. The lowest BCUT2D eigenvalue weighted by Crippen LogP contribution is -2.06. The molecule has 1 aliphatic heterocycles. The lowest BCUT2D eigenvalue weighted by Gasteiger charge is -2.03. The fourth-order valence-electron chi connectivity index (χ4n) is 1.02. The van der Waals surface area contributed by atoms with Gasteiger partial charge >= 0.3 is 0 Å². The Morgan fingerprint density at radius 2 is 2.50 bits per heavy atom. The fraction of sp³-hybridized carbons (Fsp3) is 1.00. The third kappa shape index (κ3) is 1.46. The highest BCUT2D eigenvalue weighted by Crippen LogP contribution is 2.13. The molecular weight excluding hydrogens is 104 g/mol. The van der Waals surface area contributed by atoms with E-state index in [0.717, 1.165) is 19.4 Å². The summed E-state index contributed by atoms with van der Waals surface area (Å²) >= 11 is 0. The molecule has 1 aliphatic rings. The first-order chi connectivity index (χ1) is 3.93. The summed E-state index contributed by atoms with van der Waals surface area (Å²) in [5.41, 5.74) is 0. The summed E-state index contributed by atoms with van der Waals surface area (Å²) in [4.78, 5) is 0. The van der Waals surface area contributed by atoms with Gasteiger partial charge in [0.25, 0.3) is 0 Å². The van der Waals surface area contributed by atoms with Crippen molar-refractivity contribution < 1.29 is 9.84 Å². The maximum atomic E-state index is 8.45. The van der Waals surface area contributed by atoms with Gasteiger partial charge in [-0.05, 0) is 19.3 Å². The average Bonchev–Trinajstić information content (AvgIpc) is 2.19. The third-order valence-electron chi connectivity index (χ3n) is 1.48. The number of rotatable bonds is 2. The van der Waals surface area contributed by atoms with Crippen molar-refractivity contribution in [1.82, 2.24) is 0 Å². The van der Waals surface area contributed by atoms with Gasteiger partial charge in [-0.25, -0.2) is 0 Å². The summed E-state index contributed by atoms with van der Waals surface area (Å²) in [6.45, 7) is 1.16. The maximum absolute atomic E-state index is 8.45. The van der Waals surface area contributed by atoms with Crippen LogP contribution in [-0.2, 0) is 4.74 Å². The zero-order valence-corrected chi connectivity index (χ0v) is 4.97. The molecule has 0 saturated carbocycles. The van der Waals surface area contributed by atoms with Crippen LogP contribution in [0.1, 0.15) is 19.3 Å². The minimum atomic E-state index is 0.269. The van der Waals surface area contributed by atoms with E-state index in [0.29, 0.717) is 6.10 Å². The van der Waals surface area contributed by atoms with Crippen LogP contribution in [-0.4, -0.2) is 24.4 Å². The Labute approximate surface area is 49.5 Å². The van der Waals surface area contributed by atoms with Gasteiger partial charge < -0.3 is 9.84 Å². The van der Waals surface area contributed by atoms with E-state index >= 15 is 0 Å². The van der Waals surface area contributed by atoms with Crippen molar-refractivity contribution in [3.8, 4) is 0 Å². The van der Waals surface area contributed by atoms with Gasteiger partial charge in [-0.1, -0.05) is 0 Å². The molecule has 0 radical (unpaired) electrons. The van der Waals surface area contributed by atoms with Crippen LogP contribution in [0.5, 0.6) is 0 Å². The highest BCUT2D eigenvalue weighted by molar-refractivity contribution is 4.63. The molecule has 0 unspecified atom stereocenters. The molecule has 48 valence electrons. The summed E-state index contributed by atoms with van der Waals surface area (Å²) in [6, 6.07) is 0.